The van der Waals surface area contributed by atoms with Gasteiger partial charge in [-0.15, -0.1) is 0 Å². The molecule has 0 spiro atoms. The van der Waals surface area contributed by atoms with Crippen LogP contribution in [0.2, 0.25) is 10.0 Å². The Hall–Kier alpha value is -0.770. The summed E-state index contributed by atoms with van der Waals surface area (Å²) in [6.07, 6.45) is 5.46. The molecule has 0 radical (unpaired) electrons. The van der Waals surface area contributed by atoms with E-state index in [-0.39, 0.29) is 5.91 Å². The molecule has 0 bridgehead atoms. The van der Waals surface area contributed by atoms with Gasteiger partial charge in [0.2, 0.25) is 5.91 Å². The Balaban J connectivity index is 1.84. The second kappa shape index (κ2) is 8.02. The van der Waals surface area contributed by atoms with Crippen molar-refractivity contribution < 1.29 is 4.79 Å². The fourth-order valence-corrected chi connectivity index (χ4v) is 3.44. The van der Waals surface area contributed by atoms with Crippen LogP contribution in [-0.4, -0.2) is 29.9 Å². The molecule has 1 N–H and O–H groups in total. The van der Waals surface area contributed by atoms with Crippen LogP contribution in [-0.2, 0) is 4.79 Å². The molecule has 1 unspecified atom stereocenters. The van der Waals surface area contributed by atoms with Crippen molar-refractivity contribution in [3.8, 4) is 0 Å². The molecule has 1 fully saturated rings. The molecule has 1 amide bonds. The van der Waals surface area contributed by atoms with Gasteiger partial charge in [0.25, 0.3) is 0 Å². The molecule has 1 heterocycles. The number of piperidine rings is 1. The molecular weight excluding hydrogens is 307 g/mol. The van der Waals surface area contributed by atoms with E-state index >= 15 is 0 Å². The van der Waals surface area contributed by atoms with Gasteiger partial charge in [0.15, 0.2) is 0 Å². The Morgan fingerprint density at radius 2 is 2.00 bits per heavy atom. The number of likely N-dealkylation sites (tertiary alicyclic amines) is 1. The van der Waals surface area contributed by atoms with Gasteiger partial charge in [-0.25, -0.2) is 0 Å². The van der Waals surface area contributed by atoms with E-state index in [4.69, 9.17) is 23.2 Å². The lowest BCUT2D eigenvalue weighted by Gasteiger charge is -2.35. The van der Waals surface area contributed by atoms with Gasteiger partial charge in [-0.1, -0.05) is 36.5 Å². The van der Waals surface area contributed by atoms with Crippen LogP contribution in [0.4, 0.5) is 5.69 Å². The number of benzene rings is 1. The maximum atomic E-state index is 12.0. The molecule has 0 aromatic heterocycles. The number of nitrogens with zero attached hydrogens (tertiary/aromatic N) is 1. The number of hydrogen-bond acceptors (Lipinski definition) is 2. The molecule has 2 rings (SSSR count). The second-order valence-electron chi connectivity index (χ2n) is 5.55. The van der Waals surface area contributed by atoms with Gasteiger partial charge in [-0.3, -0.25) is 9.69 Å². The molecule has 0 aliphatic carbocycles. The molecule has 116 valence electrons. The lowest BCUT2D eigenvalue weighted by molar-refractivity contribution is -0.116. The van der Waals surface area contributed by atoms with Crippen LogP contribution in [0.25, 0.3) is 0 Å². The summed E-state index contributed by atoms with van der Waals surface area (Å²) in [6.45, 7) is 4.14. The molecule has 5 heteroatoms. The van der Waals surface area contributed by atoms with Gasteiger partial charge < -0.3 is 5.32 Å². The summed E-state index contributed by atoms with van der Waals surface area (Å²) in [7, 11) is 0. The van der Waals surface area contributed by atoms with E-state index in [1.807, 2.05) is 0 Å². The van der Waals surface area contributed by atoms with Gasteiger partial charge in [0.1, 0.15) is 0 Å². The van der Waals surface area contributed by atoms with Crippen LogP contribution in [0.1, 0.15) is 39.0 Å². The lowest BCUT2D eigenvalue weighted by atomic mass is 10.00. The molecule has 1 aliphatic rings. The first-order valence-electron chi connectivity index (χ1n) is 7.58. The minimum Gasteiger partial charge on any atom is -0.326 e. The number of amides is 1. The van der Waals surface area contributed by atoms with E-state index in [9.17, 15) is 4.79 Å². The summed E-state index contributed by atoms with van der Waals surface area (Å²) in [5.41, 5.74) is 0.656. The Kier molecular flexibility index (Phi) is 6.34. The monoisotopic (exact) mass is 328 g/mol. The molecule has 0 saturated carbocycles. The van der Waals surface area contributed by atoms with Crippen LogP contribution in [0, 0.1) is 0 Å². The van der Waals surface area contributed by atoms with Crippen molar-refractivity contribution in [3.05, 3.63) is 28.2 Å². The third-order valence-corrected chi connectivity index (χ3v) is 4.43. The number of rotatable bonds is 5. The van der Waals surface area contributed by atoms with Crippen molar-refractivity contribution in [2.24, 2.45) is 0 Å². The summed E-state index contributed by atoms with van der Waals surface area (Å²) < 4.78 is 0. The average molecular weight is 329 g/mol. The van der Waals surface area contributed by atoms with Crippen molar-refractivity contribution in [2.45, 2.75) is 45.1 Å². The summed E-state index contributed by atoms with van der Waals surface area (Å²) in [6, 6.07) is 5.70. The Bertz CT molecular complexity index is 473. The number of nitrogens with one attached hydrogen (secondary N) is 1. The van der Waals surface area contributed by atoms with Gasteiger partial charge in [0.05, 0.1) is 0 Å². The van der Waals surface area contributed by atoms with Crippen LogP contribution in [0.3, 0.4) is 0 Å². The Labute approximate surface area is 136 Å². The summed E-state index contributed by atoms with van der Waals surface area (Å²) in [5.74, 6) is 0.00811. The third kappa shape index (κ3) is 5.17. The predicted molar refractivity (Wildman–Crippen MR) is 89.2 cm³/mol. The normalized spacial score (nSPS) is 19.5. The smallest absolute Gasteiger partial charge is 0.225 e. The molecule has 3 nitrogen and oxygen atoms in total. The minimum absolute atomic E-state index is 0.00811. The fraction of sp³-hybridized carbons (Fsp3) is 0.562. The van der Waals surface area contributed by atoms with Crippen molar-refractivity contribution in [2.75, 3.05) is 18.4 Å². The molecule has 1 aromatic rings. The fourth-order valence-electron chi connectivity index (χ4n) is 2.91. The minimum atomic E-state index is 0.00811. The van der Waals surface area contributed by atoms with Crippen LogP contribution in [0.15, 0.2) is 18.2 Å². The zero-order valence-electron chi connectivity index (χ0n) is 12.4. The summed E-state index contributed by atoms with van der Waals surface area (Å²) >= 11 is 11.9. The van der Waals surface area contributed by atoms with E-state index in [1.165, 1.54) is 19.3 Å². The van der Waals surface area contributed by atoms with E-state index in [0.717, 1.165) is 19.5 Å². The number of carbonyl (C=O) groups is 1. The van der Waals surface area contributed by atoms with Gasteiger partial charge in [-0.05, 0) is 44.0 Å². The van der Waals surface area contributed by atoms with Gasteiger partial charge >= 0.3 is 0 Å². The van der Waals surface area contributed by atoms with E-state index in [0.29, 0.717) is 28.2 Å². The lowest BCUT2D eigenvalue weighted by Crippen LogP contribution is -2.40. The van der Waals surface area contributed by atoms with Crippen molar-refractivity contribution in [3.63, 3.8) is 0 Å². The first-order chi connectivity index (χ1) is 10.1. The molecule has 1 saturated heterocycles. The number of carbonyl (C=O) groups excluding carboxylic acids is 1. The highest BCUT2D eigenvalue weighted by Gasteiger charge is 2.20. The number of hydrogen-bond donors (Lipinski definition) is 1. The SMILES string of the molecule is CCC1CCCCN1CCC(=O)Nc1cc(Cl)cc(Cl)c1. The van der Waals surface area contributed by atoms with E-state index < -0.39 is 0 Å². The molecule has 1 aliphatic heterocycles. The first-order valence-corrected chi connectivity index (χ1v) is 8.34. The van der Waals surface area contributed by atoms with E-state index in [1.54, 1.807) is 18.2 Å². The second-order valence-corrected chi connectivity index (χ2v) is 6.42. The highest BCUT2D eigenvalue weighted by Crippen LogP contribution is 2.23. The van der Waals surface area contributed by atoms with Crippen molar-refractivity contribution in [1.82, 2.24) is 4.90 Å². The largest absolute Gasteiger partial charge is 0.326 e. The predicted octanol–water partition coefficient (Wildman–Crippen LogP) is 4.59. The highest BCUT2D eigenvalue weighted by molar-refractivity contribution is 6.35. The van der Waals surface area contributed by atoms with E-state index in [2.05, 4.69) is 17.1 Å². The number of halogens is 2. The molecule has 1 aromatic carbocycles. The topological polar surface area (TPSA) is 32.3 Å². The quantitative estimate of drug-likeness (QED) is 0.857. The first kappa shape index (κ1) is 16.6. The van der Waals surface area contributed by atoms with Gasteiger partial charge in [-0.2, -0.15) is 0 Å². The van der Waals surface area contributed by atoms with Crippen LogP contribution < -0.4 is 5.32 Å². The zero-order valence-corrected chi connectivity index (χ0v) is 13.9. The standard InChI is InChI=1S/C16H22Cl2N2O/c1-2-15-5-3-4-7-20(15)8-6-16(21)19-14-10-12(17)9-13(18)11-14/h9-11,15H,2-8H2,1H3,(H,19,21). The third-order valence-electron chi connectivity index (χ3n) is 3.99. The Morgan fingerprint density at radius 3 is 2.67 bits per heavy atom. The van der Waals surface area contributed by atoms with Crippen molar-refractivity contribution in [1.29, 1.82) is 0 Å². The van der Waals surface area contributed by atoms with Crippen LogP contribution in [0.5, 0.6) is 0 Å². The highest BCUT2D eigenvalue weighted by atomic mass is 35.5. The van der Waals surface area contributed by atoms with Gasteiger partial charge in [0, 0.05) is 34.7 Å². The van der Waals surface area contributed by atoms with Crippen LogP contribution >= 0.6 is 23.2 Å². The molecule has 21 heavy (non-hydrogen) atoms. The summed E-state index contributed by atoms with van der Waals surface area (Å²) in [4.78, 5) is 14.5. The number of anilines is 1. The average Bonchev–Trinajstić information content (AvgIpc) is 2.44. The molecule has 1 atom stereocenters. The Morgan fingerprint density at radius 1 is 1.29 bits per heavy atom. The maximum Gasteiger partial charge on any atom is 0.225 e. The zero-order chi connectivity index (χ0) is 15.2. The van der Waals surface area contributed by atoms with Crippen molar-refractivity contribution >= 4 is 34.8 Å². The maximum absolute atomic E-state index is 12.0. The molecular formula is C16H22Cl2N2O. The summed E-state index contributed by atoms with van der Waals surface area (Å²) in [5, 5.41) is 3.92.